The molecule has 1 nitrogen and oxygen atoms in total. The average Bonchev–Trinajstić information content (AvgIpc) is 2.49. The van der Waals surface area contributed by atoms with Crippen LogP contribution in [-0.2, 0) is 6.42 Å². The van der Waals surface area contributed by atoms with E-state index in [0.717, 1.165) is 12.1 Å². The summed E-state index contributed by atoms with van der Waals surface area (Å²) in [7, 11) is 0. The smallest absolute Gasteiger partial charge is 0.264 e. The van der Waals surface area contributed by atoms with E-state index in [1.807, 2.05) is 0 Å². The molecule has 1 aliphatic carbocycles. The Morgan fingerprint density at radius 1 is 1.36 bits per heavy atom. The summed E-state index contributed by atoms with van der Waals surface area (Å²) in [5.41, 5.74) is 6.25. The van der Waals surface area contributed by atoms with Crippen LogP contribution in [0.3, 0.4) is 0 Å². The summed E-state index contributed by atoms with van der Waals surface area (Å²) in [5, 5.41) is 0. The van der Waals surface area contributed by atoms with E-state index in [1.54, 1.807) is 0 Å². The summed E-state index contributed by atoms with van der Waals surface area (Å²) in [6.07, 6.45) is -1.54. The van der Waals surface area contributed by atoms with Crippen molar-refractivity contribution in [2.75, 3.05) is 0 Å². The highest BCUT2D eigenvalue weighted by atomic mass is 19.3. The summed E-state index contributed by atoms with van der Waals surface area (Å²) in [6.45, 7) is 0. The van der Waals surface area contributed by atoms with Crippen LogP contribution in [0.15, 0.2) is 12.1 Å². The second-order valence-corrected chi connectivity index (χ2v) is 3.47. The summed E-state index contributed by atoms with van der Waals surface area (Å²) in [4.78, 5) is 0. The molecule has 0 spiro atoms. The van der Waals surface area contributed by atoms with Gasteiger partial charge in [0.1, 0.15) is 5.82 Å². The van der Waals surface area contributed by atoms with Gasteiger partial charge in [-0.15, -0.1) is 0 Å². The Morgan fingerprint density at radius 2 is 2.07 bits per heavy atom. The van der Waals surface area contributed by atoms with Crippen molar-refractivity contribution in [3.8, 4) is 0 Å². The van der Waals surface area contributed by atoms with Crippen molar-refractivity contribution in [3.05, 3.63) is 34.6 Å². The topological polar surface area (TPSA) is 26.0 Å². The van der Waals surface area contributed by atoms with Crippen LogP contribution in [0.1, 0.15) is 35.6 Å². The maximum absolute atomic E-state index is 13.3. The Morgan fingerprint density at radius 3 is 2.71 bits per heavy atom. The highest BCUT2D eigenvalue weighted by molar-refractivity contribution is 5.42. The van der Waals surface area contributed by atoms with Gasteiger partial charge in [0.2, 0.25) is 0 Å². The van der Waals surface area contributed by atoms with Crippen LogP contribution in [0, 0.1) is 5.82 Å². The highest BCUT2D eigenvalue weighted by Gasteiger charge is 2.27. The first-order valence-corrected chi connectivity index (χ1v) is 4.46. The summed E-state index contributed by atoms with van der Waals surface area (Å²) in [5.74, 6) is -0.464. The van der Waals surface area contributed by atoms with Crippen LogP contribution >= 0.6 is 0 Å². The lowest BCUT2D eigenvalue weighted by Gasteiger charge is -2.10. The van der Waals surface area contributed by atoms with E-state index in [4.69, 9.17) is 5.73 Å². The van der Waals surface area contributed by atoms with Gasteiger partial charge in [0.05, 0.1) is 0 Å². The van der Waals surface area contributed by atoms with E-state index in [1.165, 1.54) is 0 Å². The van der Waals surface area contributed by atoms with E-state index in [2.05, 4.69) is 0 Å². The largest absolute Gasteiger partial charge is 0.324 e. The van der Waals surface area contributed by atoms with Crippen molar-refractivity contribution in [2.24, 2.45) is 5.73 Å². The minimum Gasteiger partial charge on any atom is -0.324 e. The molecule has 1 aromatic carbocycles. The van der Waals surface area contributed by atoms with E-state index in [-0.39, 0.29) is 11.1 Å². The van der Waals surface area contributed by atoms with Crippen molar-refractivity contribution >= 4 is 0 Å². The zero-order valence-corrected chi connectivity index (χ0v) is 7.43. The molecular weight excluding hydrogens is 191 g/mol. The zero-order valence-electron chi connectivity index (χ0n) is 7.43. The normalized spacial score (nSPS) is 20.2. The van der Waals surface area contributed by atoms with Crippen LogP contribution in [0.5, 0.6) is 0 Å². The molecular formula is C10H10F3N. The molecule has 0 aliphatic heterocycles. The SMILES string of the molecule is N[C@@H]1CCc2c(C(F)F)ccc(F)c21. The van der Waals surface area contributed by atoms with Crippen LogP contribution in [-0.4, -0.2) is 0 Å². The van der Waals surface area contributed by atoms with Gasteiger partial charge in [-0.25, -0.2) is 13.2 Å². The predicted octanol–water partition coefficient (Wildman–Crippen LogP) is 2.71. The second kappa shape index (κ2) is 3.28. The standard InChI is InChI=1S/C10H10F3N/c11-7-3-1-6(10(12)13)5-2-4-8(14)9(5)7/h1,3,8,10H,2,4,14H2/t8-/m1/s1. The summed E-state index contributed by atoms with van der Waals surface area (Å²) < 4.78 is 38.3. The molecule has 2 rings (SSSR count). The number of hydrogen-bond donors (Lipinski definition) is 1. The van der Waals surface area contributed by atoms with Crippen LogP contribution in [0.25, 0.3) is 0 Å². The molecule has 0 heterocycles. The fourth-order valence-electron chi connectivity index (χ4n) is 1.98. The molecule has 0 fully saturated rings. The molecule has 1 aromatic rings. The second-order valence-electron chi connectivity index (χ2n) is 3.47. The van der Waals surface area contributed by atoms with Gasteiger partial charge in [0, 0.05) is 17.2 Å². The third kappa shape index (κ3) is 1.30. The molecule has 0 unspecified atom stereocenters. The van der Waals surface area contributed by atoms with Gasteiger partial charge in [-0.2, -0.15) is 0 Å². The number of nitrogens with two attached hydrogens (primary N) is 1. The van der Waals surface area contributed by atoms with Crippen molar-refractivity contribution in [1.82, 2.24) is 0 Å². The van der Waals surface area contributed by atoms with Gasteiger partial charge in [0.25, 0.3) is 6.43 Å². The number of rotatable bonds is 1. The Balaban J connectivity index is 2.59. The average molecular weight is 201 g/mol. The first kappa shape index (κ1) is 9.52. The minimum absolute atomic E-state index is 0.0747. The molecule has 76 valence electrons. The molecule has 2 N–H and O–H groups in total. The van der Waals surface area contributed by atoms with E-state index in [0.29, 0.717) is 18.4 Å². The monoisotopic (exact) mass is 201 g/mol. The van der Waals surface area contributed by atoms with E-state index < -0.39 is 18.3 Å². The summed E-state index contributed by atoms with van der Waals surface area (Å²) >= 11 is 0. The number of fused-ring (bicyclic) bond motifs is 1. The maximum atomic E-state index is 13.3. The predicted molar refractivity (Wildman–Crippen MR) is 46.6 cm³/mol. The zero-order chi connectivity index (χ0) is 10.3. The lowest BCUT2D eigenvalue weighted by molar-refractivity contribution is 0.150. The molecule has 4 heteroatoms. The molecule has 1 atom stereocenters. The van der Waals surface area contributed by atoms with Crippen LogP contribution in [0.2, 0.25) is 0 Å². The van der Waals surface area contributed by atoms with E-state index in [9.17, 15) is 13.2 Å². The lowest BCUT2D eigenvalue weighted by atomic mass is 10.0. The third-order valence-electron chi connectivity index (χ3n) is 2.65. The van der Waals surface area contributed by atoms with Crippen molar-refractivity contribution in [2.45, 2.75) is 25.3 Å². The van der Waals surface area contributed by atoms with Gasteiger partial charge in [-0.3, -0.25) is 0 Å². The fraction of sp³-hybridized carbons (Fsp3) is 0.400. The first-order chi connectivity index (χ1) is 6.61. The van der Waals surface area contributed by atoms with Crippen LogP contribution < -0.4 is 5.73 Å². The molecule has 0 amide bonds. The molecule has 0 bridgehead atoms. The molecule has 0 radical (unpaired) electrons. The van der Waals surface area contributed by atoms with Crippen molar-refractivity contribution in [3.63, 3.8) is 0 Å². The number of alkyl halides is 2. The van der Waals surface area contributed by atoms with Crippen molar-refractivity contribution < 1.29 is 13.2 Å². The fourth-order valence-corrected chi connectivity index (χ4v) is 1.98. The summed E-state index contributed by atoms with van der Waals surface area (Å²) in [6, 6.07) is 1.80. The van der Waals surface area contributed by atoms with Gasteiger partial charge >= 0.3 is 0 Å². The quantitative estimate of drug-likeness (QED) is 0.742. The van der Waals surface area contributed by atoms with Gasteiger partial charge < -0.3 is 5.73 Å². The first-order valence-electron chi connectivity index (χ1n) is 4.46. The number of halogens is 3. The molecule has 1 aliphatic rings. The number of hydrogen-bond acceptors (Lipinski definition) is 1. The lowest BCUT2D eigenvalue weighted by Crippen LogP contribution is -2.08. The maximum Gasteiger partial charge on any atom is 0.264 e. The van der Waals surface area contributed by atoms with E-state index >= 15 is 0 Å². The van der Waals surface area contributed by atoms with Gasteiger partial charge in [-0.05, 0) is 24.5 Å². The number of benzene rings is 1. The minimum atomic E-state index is -2.55. The van der Waals surface area contributed by atoms with Gasteiger partial charge in [0.15, 0.2) is 0 Å². The molecule has 0 saturated carbocycles. The van der Waals surface area contributed by atoms with Gasteiger partial charge in [-0.1, -0.05) is 6.07 Å². The Kier molecular flexibility index (Phi) is 2.23. The van der Waals surface area contributed by atoms with Crippen LogP contribution in [0.4, 0.5) is 13.2 Å². The highest BCUT2D eigenvalue weighted by Crippen LogP contribution is 2.37. The van der Waals surface area contributed by atoms with Crippen molar-refractivity contribution in [1.29, 1.82) is 0 Å². The Bertz CT molecular complexity index is 363. The Hall–Kier alpha value is -1.03. The third-order valence-corrected chi connectivity index (χ3v) is 2.65. The Labute approximate surface area is 79.7 Å². The molecule has 14 heavy (non-hydrogen) atoms. The molecule has 0 saturated heterocycles. The molecule has 0 aromatic heterocycles.